The van der Waals surface area contributed by atoms with Gasteiger partial charge in [-0.05, 0) is 31.6 Å². The molecule has 190 valence electrons. The molecule has 7 rings (SSSR count). The van der Waals surface area contributed by atoms with Crippen molar-refractivity contribution >= 4 is 17.9 Å². The van der Waals surface area contributed by atoms with Crippen LogP contribution in [0.15, 0.2) is 12.2 Å². The second kappa shape index (κ2) is 9.67. The van der Waals surface area contributed by atoms with Gasteiger partial charge in [0.15, 0.2) is 0 Å². The maximum atomic E-state index is 11.8. The molecule has 0 spiro atoms. The Morgan fingerprint density at radius 2 is 1.44 bits per heavy atom. The van der Waals surface area contributed by atoms with Crippen molar-refractivity contribution < 1.29 is 68.6 Å². The number of hydrogen-bond acceptors (Lipinski definition) is 9. The predicted octanol–water partition coefficient (Wildman–Crippen LogP) is -2.15. The number of cyclic esters (lactones) is 2. The van der Waals surface area contributed by atoms with Gasteiger partial charge in [-0.25, -0.2) is 4.79 Å². The lowest BCUT2D eigenvalue weighted by Crippen LogP contribution is -3.00. The van der Waals surface area contributed by atoms with Crippen molar-refractivity contribution in [2.45, 2.75) is 44.2 Å². The average Bonchev–Trinajstić information content (AvgIpc) is 3.32. The zero-order chi connectivity index (χ0) is 23.6. The van der Waals surface area contributed by atoms with E-state index < -0.39 is 5.97 Å². The molecule has 4 saturated carbocycles. The van der Waals surface area contributed by atoms with Crippen LogP contribution in [0.5, 0.6) is 0 Å². The highest BCUT2D eigenvalue weighted by atomic mass is 127. The predicted molar refractivity (Wildman–Crippen MR) is 112 cm³/mol. The van der Waals surface area contributed by atoms with E-state index >= 15 is 0 Å². The molecule has 1 N–H and O–H groups in total. The number of methoxy groups -OCH3 is 1. The van der Waals surface area contributed by atoms with E-state index in [1.807, 2.05) is 0 Å². The number of halogens is 1. The first-order valence-electron chi connectivity index (χ1n) is 11.7. The Hall–Kier alpha value is -1.24. The minimum absolute atomic E-state index is 0. The van der Waals surface area contributed by atoms with Crippen LogP contribution in [0, 0.1) is 47.3 Å². The van der Waals surface area contributed by atoms with Crippen molar-refractivity contribution in [1.82, 2.24) is 0 Å². The van der Waals surface area contributed by atoms with Gasteiger partial charge in [-0.3, -0.25) is 9.59 Å². The van der Waals surface area contributed by atoms with Crippen LogP contribution in [0.2, 0.25) is 0 Å². The molecule has 4 bridgehead atoms. The van der Waals surface area contributed by atoms with E-state index in [1.165, 1.54) is 6.42 Å². The van der Waals surface area contributed by atoms with E-state index in [4.69, 9.17) is 28.8 Å². The molecule has 0 amide bonds. The number of ether oxygens (including phenoxy) is 5. The molecular weight excluding hydrogens is 559 g/mol. The number of fused-ring (bicyclic) bond motifs is 13. The van der Waals surface area contributed by atoms with Crippen molar-refractivity contribution in [3.63, 3.8) is 0 Å². The van der Waals surface area contributed by atoms with Crippen LogP contribution in [0.25, 0.3) is 0 Å². The van der Waals surface area contributed by atoms with Gasteiger partial charge in [0.25, 0.3) is 0 Å². The van der Waals surface area contributed by atoms with Gasteiger partial charge in [-0.2, -0.15) is 0 Å². The highest BCUT2D eigenvalue weighted by molar-refractivity contribution is 5.87. The van der Waals surface area contributed by atoms with E-state index in [2.05, 4.69) is 6.58 Å². The summed E-state index contributed by atoms with van der Waals surface area (Å²) in [6.45, 7) is 6.34. The summed E-state index contributed by atoms with van der Waals surface area (Å²) in [7, 11) is 2.62. The minimum Gasteiger partial charge on any atom is -1.00 e. The SMILES string of the molecule is C=C(C)C(=O)OC1C2CC(C3COC(=O)C32)C1OC.CO.O=C1OCC2C3CC(C4OC34)C12.[H+].[I-]. The lowest BCUT2D eigenvalue weighted by molar-refractivity contribution is -0.162. The molecule has 12 unspecified atom stereocenters. The van der Waals surface area contributed by atoms with Crippen LogP contribution in [0.1, 0.15) is 21.2 Å². The van der Waals surface area contributed by atoms with Gasteiger partial charge in [0.1, 0.15) is 6.10 Å². The van der Waals surface area contributed by atoms with E-state index in [1.54, 1.807) is 14.0 Å². The van der Waals surface area contributed by atoms with Gasteiger partial charge < -0.3 is 52.8 Å². The lowest BCUT2D eigenvalue weighted by Gasteiger charge is -2.34. The highest BCUT2D eigenvalue weighted by Crippen LogP contribution is 2.63. The Bertz CT molecular complexity index is 866. The zero-order valence-corrected chi connectivity index (χ0v) is 21.7. The topological polar surface area (TPSA) is 121 Å². The number of carbonyl (C=O) groups is 3. The van der Waals surface area contributed by atoms with Gasteiger partial charge in [-0.1, -0.05) is 6.58 Å². The molecule has 4 aliphatic carbocycles. The Balaban J connectivity index is 0.000000185. The number of rotatable bonds is 3. The van der Waals surface area contributed by atoms with Crippen molar-refractivity contribution in [3.05, 3.63) is 12.2 Å². The minimum atomic E-state index is -0.414. The van der Waals surface area contributed by atoms with Crippen molar-refractivity contribution in [3.8, 4) is 0 Å². The summed E-state index contributed by atoms with van der Waals surface area (Å²) >= 11 is 0. The second-order valence-electron chi connectivity index (χ2n) is 10.2. The van der Waals surface area contributed by atoms with Crippen molar-refractivity contribution in [2.24, 2.45) is 47.3 Å². The maximum absolute atomic E-state index is 11.8. The summed E-state index contributed by atoms with van der Waals surface area (Å²) in [6.07, 6.45) is 2.54. The van der Waals surface area contributed by atoms with E-state index in [9.17, 15) is 14.4 Å². The summed E-state index contributed by atoms with van der Waals surface area (Å²) in [6, 6.07) is 0. The number of aliphatic hydroxyl groups is 1. The quantitative estimate of drug-likeness (QED) is 0.129. The molecule has 34 heavy (non-hydrogen) atoms. The summed E-state index contributed by atoms with van der Waals surface area (Å²) in [5, 5.41) is 7.00. The number of aliphatic hydroxyl groups excluding tert-OH is 1. The van der Waals surface area contributed by atoms with Crippen LogP contribution < -0.4 is 24.0 Å². The van der Waals surface area contributed by atoms with Gasteiger partial charge in [0.2, 0.25) is 0 Å². The van der Waals surface area contributed by atoms with Crippen LogP contribution in [-0.2, 0) is 38.1 Å². The van der Waals surface area contributed by atoms with Gasteiger partial charge >= 0.3 is 19.3 Å². The second-order valence-corrected chi connectivity index (χ2v) is 10.2. The van der Waals surface area contributed by atoms with Gasteiger partial charge in [0, 0.05) is 43.5 Å². The van der Waals surface area contributed by atoms with Crippen LogP contribution in [0.3, 0.4) is 0 Å². The fraction of sp³-hybridized carbons (Fsp3) is 0.792. The Morgan fingerprint density at radius 3 is 2.03 bits per heavy atom. The van der Waals surface area contributed by atoms with Crippen LogP contribution in [-0.4, -0.2) is 74.9 Å². The van der Waals surface area contributed by atoms with Crippen molar-refractivity contribution in [1.29, 1.82) is 0 Å². The number of epoxide rings is 1. The van der Waals surface area contributed by atoms with E-state index in [-0.39, 0.29) is 79.1 Å². The third-order valence-electron chi connectivity index (χ3n) is 8.85. The van der Waals surface area contributed by atoms with Crippen LogP contribution >= 0.6 is 0 Å². The number of carbonyl (C=O) groups excluding carboxylic acids is 3. The molecule has 7 fully saturated rings. The van der Waals surface area contributed by atoms with Crippen LogP contribution in [0.4, 0.5) is 0 Å². The molecule has 0 aromatic heterocycles. The molecule has 10 heteroatoms. The fourth-order valence-corrected chi connectivity index (χ4v) is 7.57. The molecular formula is C24H33IO9. The first-order chi connectivity index (χ1) is 15.9. The molecule has 9 nitrogen and oxygen atoms in total. The third-order valence-corrected chi connectivity index (χ3v) is 8.85. The highest BCUT2D eigenvalue weighted by Gasteiger charge is 2.71. The monoisotopic (exact) mass is 592 g/mol. The van der Waals surface area contributed by atoms with E-state index in [0.29, 0.717) is 48.7 Å². The average molecular weight is 592 g/mol. The first-order valence-corrected chi connectivity index (χ1v) is 11.7. The maximum Gasteiger partial charge on any atom is 1.00 e. The number of esters is 3. The summed E-state index contributed by atoms with van der Waals surface area (Å²) < 4.78 is 26.7. The van der Waals surface area contributed by atoms with E-state index in [0.717, 1.165) is 13.5 Å². The third kappa shape index (κ3) is 3.79. The molecule has 3 saturated heterocycles. The van der Waals surface area contributed by atoms with Gasteiger partial charge in [0.05, 0.1) is 43.4 Å². The zero-order valence-electron chi connectivity index (χ0n) is 20.6. The largest absolute Gasteiger partial charge is 1.00 e. The van der Waals surface area contributed by atoms with Gasteiger partial charge in [-0.15, -0.1) is 0 Å². The summed E-state index contributed by atoms with van der Waals surface area (Å²) in [5.74, 6) is 1.73. The standard InChI is InChI=1S/C14H18O5.C9H10O3.CH4O.HI/c1-6(2)13(15)19-12-8-4-7(11(12)17-3)9-5-18-14(16)10(8)9;10-9-6-4-1-3(5(6)2-11-9)7-8(4)12-7;1-2;/h7-12H,1,4-5H2,2-3H3;3-8H,1-2H2;2H,1H3;1H. The number of hydrogen-bond donors (Lipinski definition) is 1. The molecule has 12 atom stereocenters. The Labute approximate surface area is 217 Å². The lowest BCUT2D eigenvalue weighted by atomic mass is 9.78. The normalized spacial score (nSPS) is 46.9. The molecule has 3 aliphatic heterocycles. The van der Waals surface area contributed by atoms with Crippen molar-refractivity contribution in [2.75, 3.05) is 27.4 Å². The molecule has 0 radical (unpaired) electrons. The fourth-order valence-electron chi connectivity index (χ4n) is 7.57. The molecule has 0 aromatic carbocycles. The smallest absolute Gasteiger partial charge is 1.00 e. The molecule has 3 heterocycles. The molecule has 0 aromatic rings. The Morgan fingerprint density at radius 1 is 0.912 bits per heavy atom. The molecule has 7 aliphatic rings. The first kappa shape index (κ1) is 25.8. The summed E-state index contributed by atoms with van der Waals surface area (Å²) in [5.41, 5.74) is 0.364. The Kier molecular flexibility index (Phi) is 7.35. The summed E-state index contributed by atoms with van der Waals surface area (Å²) in [4.78, 5) is 34.8.